The molecule has 4 rings (SSSR count). The van der Waals surface area contributed by atoms with Gasteiger partial charge in [0.15, 0.2) is 12.3 Å². The van der Waals surface area contributed by atoms with Crippen molar-refractivity contribution in [3.63, 3.8) is 0 Å². The molecule has 9 heteroatoms. The highest BCUT2D eigenvalue weighted by Crippen LogP contribution is 2.28. The van der Waals surface area contributed by atoms with Crippen LogP contribution in [-0.4, -0.2) is 67.5 Å². The first kappa shape index (κ1) is 19.7. The number of H-pyrrole nitrogens is 1. The summed E-state index contributed by atoms with van der Waals surface area (Å²) in [7, 11) is 1.30. The molecule has 3 heterocycles. The molecule has 2 aromatic heterocycles. The number of benzene rings is 1. The van der Waals surface area contributed by atoms with Crippen molar-refractivity contribution in [3.05, 3.63) is 54.1 Å². The summed E-state index contributed by atoms with van der Waals surface area (Å²) < 4.78 is 10.0. The average molecular weight is 411 g/mol. The van der Waals surface area contributed by atoms with Crippen molar-refractivity contribution in [2.45, 2.75) is 0 Å². The molecule has 0 atom stereocenters. The zero-order chi connectivity index (χ0) is 21.1. The van der Waals surface area contributed by atoms with Crippen molar-refractivity contribution in [1.29, 1.82) is 0 Å². The second-order valence-electron chi connectivity index (χ2n) is 7.16. The first-order valence-electron chi connectivity index (χ1n) is 9.72. The van der Waals surface area contributed by atoms with Gasteiger partial charge in [-0.1, -0.05) is 18.2 Å². The molecule has 1 aliphatic heterocycles. The number of nitrogens with zero attached hydrogens (tertiary/aromatic N) is 1. The number of furan rings is 1. The number of esters is 1. The van der Waals surface area contributed by atoms with Gasteiger partial charge in [0.2, 0.25) is 0 Å². The molecule has 3 N–H and O–H groups in total. The fourth-order valence-corrected chi connectivity index (χ4v) is 3.70. The Balaban J connectivity index is 1.39. The van der Waals surface area contributed by atoms with E-state index in [9.17, 15) is 14.4 Å². The number of carbonyl (C=O) groups excluding carboxylic acids is 3. The van der Waals surface area contributed by atoms with Crippen molar-refractivity contribution < 1.29 is 28.4 Å². The molecule has 1 aliphatic rings. The maximum atomic E-state index is 12.7. The number of methoxy groups -OCH3 is 1. The van der Waals surface area contributed by atoms with E-state index >= 15 is 0 Å². The minimum Gasteiger partial charge on any atom is -0.464 e. The summed E-state index contributed by atoms with van der Waals surface area (Å²) in [4.78, 5) is 43.0. The second kappa shape index (κ2) is 8.42. The predicted octanol–water partition coefficient (Wildman–Crippen LogP) is 0.527. The number of anilines is 1. The summed E-state index contributed by atoms with van der Waals surface area (Å²) in [6.07, 6.45) is 1.48. The fourth-order valence-electron chi connectivity index (χ4n) is 3.70. The van der Waals surface area contributed by atoms with Gasteiger partial charge in [0, 0.05) is 10.9 Å². The Bertz CT molecular complexity index is 1060. The third kappa shape index (κ3) is 3.92. The summed E-state index contributed by atoms with van der Waals surface area (Å²) in [5.74, 6) is -0.555. The number of fused-ring (bicyclic) bond motifs is 1. The van der Waals surface area contributed by atoms with E-state index in [0.717, 1.165) is 15.8 Å². The number of piperazine rings is 1. The lowest BCUT2D eigenvalue weighted by molar-refractivity contribution is -0.895. The SMILES string of the molecule is COC(=O)c1[nH]c2ccccc2c1NC(=O)C[NH+]1CCN(C(=O)c2ccco2)CC1. The minimum absolute atomic E-state index is 0.134. The van der Waals surface area contributed by atoms with Crippen LogP contribution in [0.15, 0.2) is 47.1 Å². The number of hydrogen-bond acceptors (Lipinski definition) is 5. The van der Waals surface area contributed by atoms with Crippen LogP contribution < -0.4 is 10.2 Å². The highest BCUT2D eigenvalue weighted by molar-refractivity contribution is 6.11. The van der Waals surface area contributed by atoms with Crippen LogP contribution in [0.25, 0.3) is 10.9 Å². The largest absolute Gasteiger partial charge is 0.464 e. The Labute approximate surface area is 172 Å². The van der Waals surface area contributed by atoms with Crippen LogP contribution in [0.2, 0.25) is 0 Å². The molecule has 30 heavy (non-hydrogen) atoms. The zero-order valence-electron chi connectivity index (χ0n) is 16.6. The number of rotatable bonds is 5. The number of nitrogens with one attached hydrogen (secondary N) is 3. The van der Waals surface area contributed by atoms with Gasteiger partial charge < -0.3 is 29.3 Å². The molecule has 0 radical (unpaired) electrons. The summed E-state index contributed by atoms with van der Waals surface area (Å²) >= 11 is 0. The van der Waals surface area contributed by atoms with Crippen molar-refractivity contribution in [1.82, 2.24) is 9.88 Å². The monoisotopic (exact) mass is 411 g/mol. The number of para-hydroxylation sites is 1. The Hall–Kier alpha value is -3.59. The maximum Gasteiger partial charge on any atom is 0.356 e. The molecule has 0 aliphatic carbocycles. The van der Waals surface area contributed by atoms with Crippen molar-refractivity contribution in [3.8, 4) is 0 Å². The molecule has 1 saturated heterocycles. The number of amides is 2. The lowest BCUT2D eigenvalue weighted by Gasteiger charge is -2.31. The molecule has 3 aromatic rings. The van der Waals surface area contributed by atoms with Crippen LogP contribution in [-0.2, 0) is 9.53 Å². The van der Waals surface area contributed by atoms with Crippen molar-refractivity contribution >= 4 is 34.4 Å². The lowest BCUT2D eigenvalue weighted by Crippen LogP contribution is -3.15. The Morgan fingerprint density at radius 1 is 1.17 bits per heavy atom. The van der Waals surface area contributed by atoms with Gasteiger partial charge in [0.05, 0.1) is 45.2 Å². The molecule has 2 amide bonds. The Morgan fingerprint density at radius 3 is 2.63 bits per heavy atom. The minimum atomic E-state index is -0.543. The van der Waals surface area contributed by atoms with Crippen LogP contribution in [0, 0.1) is 0 Å². The molecule has 0 spiro atoms. The second-order valence-corrected chi connectivity index (χ2v) is 7.16. The topological polar surface area (TPSA) is 109 Å². The summed E-state index contributed by atoms with van der Waals surface area (Å²) in [5.41, 5.74) is 1.38. The van der Waals surface area contributed by atoms with Gasteiger partial charge in [-0.15, -0.1) is 0 Å². The molecule has 1 fully saturated rings. The first-order chi connectivity index (χ1) is 14.6. The Morgan fingerprint density at radius 2 is 1.93 bits per heavy atom. The van der Waals surface area contributed by atoms with Crippen molar-refractivity contribution in [2.24, 2.45) is 0 Å². The highest BCUT2D eigenvalue weighted by atomic mass is 16.5. The maximum absolute atomic E-state index is 12.7. The number of carbonyl (C=O) groups is 3. The quantitative estimate of drug-likeness (QED) is 0.531. The van der Waals surface area contributed by atoms with Gasteiger partial charge in [-0.3, -0.25) is 9.59 Å². The molecule has 0 bridgehead atoms. The molecule has 156 valence electrons. The van der Waals surface area contributed by atoms with E-state index in [1.807, 2.05) is 24.3 Å². The van der Waals surface area contributed by atoms with Gasteiger partial charge in [0.1, 0.15) is 5.69 Å². The number of aromatic nitrogens is 1. The van der Waals surface area contributed by atoms with E-state index in [1.165, 1.54) is 13.4 Å². The molecule has 0 saturated carbocycles. The number of quaternary nitrogens is 1. The van der Waals surface area contributed by atoms with E-state index in [2.05, 4.69) is 10.3 Å². The lowest BCUT2D eigenvalue weighted by atomic mass is 10.2. The van der Waals surface area contributed by atoms with Crippen LogP contribution in [0.1, 0.15) is 21.0 Å². The third-order valence-electron chi connectivity index (χ3n) is 5.26. The van der Waals surface area contributed by atoms with Gasteiger partial charge in [-0.05, 0) is 18.2 Å². The van der Waals surface area contributed by atoms with Gasteiger partial charge in [-0.25, -0.2) is 4.79 Å². The third-order valence-corrected chi connectivity index (χ3v) is 5.26. The first-order valence-corrected chi connectivity index (χ1v) is 9.72. The highest BCUT2D eigenvalue weighted by Gasteiger charge is 2.28. The average Bonchev–Trinajstić information content (AvgIpc) is 3.42. The van der Waals surface area contributed by atoms with E-state index in [-0.39, 0.29) is 24.1 Å². The Kier molecular flexibility index (Phi) is 5.53. The molecule has 1 aromatic carbocycles. The standard InChI is InChI=1S/C21H22N4O5/c1-29-21(28)19-18(14-5-2-3-6-15(14)22-19)23-17(26)13-24-8-10-25(11-9-24)20(27)16-7-4-12-30-16/h2-7,12,22H,8-11,13H2,1H3,(H,23,26)/p+1. The van der Waals surface area contributed by atoms with Crippen LogP contribution in [0.5, 0.6) is 0 Å². The predicted molar refractivity (Wildman–Crippen MR) is 108 cm³/mol. The van der Waals surface area contributed by atoms with Crippen LogP contribution in [0.3, 0.4) is 0 Å². The fraction of sp³-hybridized carbons (Fsp3) is 0.286. The van der Waals surface area contributed by atoms with E-state index < -0.39 is 5.97 Å². The van der Waals surface area contributed by atoms with Gasteiger partial charge in [-0.2, -0.15) is 0 Å². The van der Waals surface area contributed by atoms with Crippen LogP contribution >= 0.6 is 0 Å². The zero-order valence-corrected chi connectivity index (χ0v) is 16.6. The smallest absolute Gasteiger partial charge is 0.356 e. The number of ether oxygens (including phenoxy) is 1. The van der Waals surface area contributed by atoms with E-state index in [1.54, 1.807) is 17.0 Å². The summed E-state index contributed by atoms with van der Waals surface area (Å²) in [6, 6.07) is 10.7. The normalized spacial score (nSPS) is 14.6. The molecular weight excluding hydrogens is 388 g/mol. The number of aromatic amines is 1. The summed E-state index contributed by atoms with van der Waals surface area (Å²) in [5, 5.41) is 3.61. The van der Waals surface area contributed by atoms with Gasteiger partial charge in [0.25, 0.3) is 11.8 Å². The summed E-state index contributed by atoms with van der Waals surface area (Å²) in [6.45, 7) is 2.63. The molecule has 9 nitrogen and oxygen atoms in total. The molecular formula is C21H23N4O5+. The van der Waals surface area contributed by atoms with Gasteiger partial charge >= 0.3 is 5.97 Å². The van der Waals surface area contributed by atoms with E-state index in [0.29, 0.717) is 37.6 Å². The van der Waals surface area contributed by atoms with Crippen LogP contribution in [0.4, 0.5) is 5.69 Å². The number of hydrogen-bond donors (Lipinski definition) is 3. The molecule has 0 unspecified atom stereocenters. The van der Waals surface area contributed by atoms with E-state index in [4.69, 9.17) is 9.15 Å². The van der Waals surface area contributed by atoms with Crippen molar-refractivity contribution in [2.75, 3.05) is 45.2 Å².